The summed E-state index contributed by atoms with van der Waals surface area (Å²) in [5, 5.41) is 15.0. The van der Waals surface area contributed by atoms with Crippen molar-refractivity contribution in [3.8, 4) is 6.07 Å². The molecule has 1 aromatic carbocycles. The van der Waals surface area contributed by atoms with E-state index in [0.717, 1.165) is 12.8 Å². The molecule has 21 heavy (non-hydrogen) atoms. The highest BCUT2D eigenvalue weighted by Gasteiger charge is 2.38. The number of hydrogen-bond donors (Lipinski definition) is 2. The third-order valence-corrected chi connectivity index (χ3v) is 4.53. The molecule has 1 amide bonds. The monoisotopic (exact) mass is 287 g/mol. The van der Waals surface area contributed by atoms with Crippen molar-refractivity contribution in [2.45, 2.75) is 44.2 Å². The van der Waals surface area contributed by atoms with Crippen LogP contribution in [-0.4, -0.2) is 18.0 Å². The van der Waals surface area contributed by atoms with Gasteiger partial charge in [0.05, 0.1) is 11.6 Å². The van der Waals surface area contributed by atoms with Gasteiger partial charge in [-0.25, -0.2) is 4.39 Å². The molecule has 5 heteroatoms. The van der Waals surface area contributed by atoms with Gasteiger partial charge in [0.2, 0.25) is 5.91 Å². The fourth-order valence-corrected chi connectivity index (χ4v) is 3.44. The third kappa shape index (κ3) is 2.91. The summed E-state index contributed by atoms with van der Waals surface area (Å²) in [6.07, 6.45) is 5.68. The molecule has 3 atom stereocenters. The van der Waals surface area contributed by atoms with Crippen LogP contribution >= 0.6 is 0 Å². The molecule has 1 aliphatic carbocycles. The van der Waals surface area contributed by atoms with Crippen LogP contribution in [0.4, 0.5) is 10.1 Å². The predicted molar refractivity (Wildman–Crippen MR) is 77.0 cm³/mol. The summed E-state index contributed by atoms with van der Waals surface area (Å²) in [6.45, 7) is 0. The lowest BCUT2D eigenvalue weighted by molar-refractivity contribution is -0.117. The summed E-state index contributed by atoms with van der Waals surface area (Å²) in [5.41, 5.74) is 0.412. The van der Waals surface area contributed by atoms with Gasteiger partial charge in [0.15, 0.2) is 0 Å². The number of fused-ring (bicyclic) bond motifs is 1. The molecule has 1 aliphatic heterocycles. The van der Waals surface area contributed by atoms with Gasteiger partial charge in [-0.05, 0) is 43.4 Å². The number of rotatable bonds is 2. The molecular weight excluding hydrogens is 269 g/mol. The Labute approximate surface area is 123 Å². The van der Waals surface area contributed by atoms with Crippen LogP contribution in [0.25, 0.3) is 0 Å². The number of nitrogens with one attached hydrogen (secondary N) is 2. The normalized spacial score (nSPS) is 27.7. The average Bonchev–Trinajstić information content (AvgIpc) is 2.93. The van der Waals surface area contributed by atoms with Crippen molar-refractivity contribution in [1.82, 2.24) is 5.32 Å². The zero-order valence-electron chi connectivity index (χ0n) is 11.7. The Bertz CT molecular complexity index is 582. The van der Waals surface area contributed by atoms with Gasteiger partial charge >= 0.3 is 0 Å². The van der Waals surface area contributed by atoms with E-state index in [2.05, 4.69) is 10.6 Å². The number of nitrogens with zero attached hydrogens (tertiary/aromatic N) is 1. The Balaban J connectivity index is 1.66. The van der Waals surface area contributed by atoms with Crippen molar-refractivity contribution >= 4 is 11.6 Å². The summed E-state index contributed by atoms with van der Waals surface area (Å²) in [6, 6.07) is 6.10. The smallest absolute Gasteiger partial charge is 0.241 e. The van der Waals surface area contributed by atoms with E-state index >= 15 is 0 Å². The maximum atomic E-state index is 13.3. The van der Waals surface area contributed by atoms with Gasteiger partial charge < -0.3 is 10.6 Å². The van der Waals surface area contributed by atoms with E-state index in [0.29, 0.717) is 17.6 Å². The van der Waals surface area contributed by atoms with Gasteiger partial charge in [0, 0.05) is 11.7 Å². The minimum Gasteiger partial charge on any atom is -0.325 e. The Kier molecular flexibility index (Phi) is 3.89. The number of carbonyl (C=O) groups is 1. The average molecular weight is 287 g/mol. The van der Waals surface area contributed by atoms with Crippen molar-refractivity contribution in [1.29, 1.82) is 5.26 Å². The molecule has 0 radical (unpaired) electrons. The fraction of sp³-hybridized carbons (Fsp3) is 0.500. The lowest BCUT2D eigenvalue weighted by Crippen LogP contribution is -2.39. The maximum absolute atomic E-state index is 13.3. The zero-order valence-corrected chi connectivity index (χ0v) is 11.7. The first-order valence-electron chi connectivity index (χ1n) is 7.44. The van der Waals surface area contributed by atoms with Crippen LogP contribution in [0.3, 0.4) is 0 Å². The van der Waals surface area contributed by atoms with Crippen LogP contribution in [0.15, 0.2) is 18.2 Å². The summed E-state index contributed by atoms with van der Waals surface area (Å²) in [7, 11) is 0. The second-order valence-electron chi connectivity index (χ2n) is 5.90. The molecular formula is C16H18FN3O. The highest BCUT2D eigenvalue weighted by molar-refractivity contribution is 5.95. The second kappa shape index (κ2) is 5.82. The highest BCUT2D eigenvalue weighted by atomic mass is 19.1. The van der Waals surface area contributed by atoms with Gasteiger partial charge in [-0.15, -0.1) is 0 Å². The molecule has 2 aliphatic rings. The zero-order chi connectivity index (χ0) is 14.8. The van der Waals surface area contributed by atoms with Crippen LogP contribution in [0.1, 0.15) is 37.7 Å². The largest absolute Gasteiger partial charge is 0.325 e. The molecule has 110 valence electrons. The molecule has 1 aromatic rings. The van der Waals surface area contributed by atoms with Crippen LogP contribution in [0.2, 0.25) is 0 Å². The van der Waals surface area contributed by atoms with Crippen LogP contribution in [-0.2, 0) is 4.79 Å². The molecule has 2 fully saturated rings. The van der Waals surface area contributed by atoms with Crippen LogP contribution in [0.5, 0.6) is 0 Å². The summed E-state index contributed by atoms with van der Waals surface area (Å²) in [4.78, 5) is 12.3. The lowest BCUT2D eigenvalue weighted by Gasteiger charge is -2.24. The molecule has 4 nitrogen and oxygen atoms in total. The molecule has 0 bridgehead atoms. The van der Waals surface area contributed by atoms with Crippen LogP contribution < -0.4 is 10.6 Å². The molecule has 1 saturated carbocycles. The van der Waals surface area contributed by atoms with E-state index in [1.165, 1.54) is 37.5 Å². The molecule has 2 N–H and O–H groups in total. The first-order valence-corrected chi connectivity index (χ1v) is 7.44. The number of hydrogen-bond acceptors (Lipinski definition) is 3. The highest BCUT2D eigenvalue weighted by Crippen LogP contribution is 2.33. The molecule has 1 heterocycles. The Hall–Kier alpha value is -1.93. The van der Waals surface area contributed by atoms with Crippen molar-refractivity contribution in [2.24, 2.45) is 5.92 Å². The summed E-state index contributed by atoms with van der Waals surface area (Å²) < 4.78 is 13.3. The van der Waals surface area contributed by atoms with E-state index in [9.17, 15) is 9.18 Å². The lowest BCUT2D eigenvalue weighted by atomic mass is 9.85. The van der Waals surface area contributed by atoms with Crippen LogP contribution in [0, 0.1) is 23.1 Å². The predicted octanol–water partition coefficient (Wildman–Crippen LogP) is 2.56. The molecule has 3 unspecified atom stereocenters. The van der Waals surface area contributed by atoms with E-state index in [1.54, 1.807) is 6.07 Å². The number of amides is 1. The quantitative estimate of drug-likeness (QED) is 0.878. The topological polar surface area (TPSA) is 64.9 Å². The summed E-state index contributed by atoms with van der Waals surface area (Å²) >= 11 is 0. The van der Waals surface area contributed by atoms with Crippen molar-refractivity contribution in [3.05, 3.63) is 29.6 Å². The van der Waals surface area contributed by atoms with E-state index in [-0.39, 0.29) is 17.5 Å². The first kappa shape index (κ1) is 14.0. The van der Waals surface area contributed by atoms with Gasteiger partial charge in [-0.1, -0.05) is 12.8 Å². The van der Waals surface area contributed by atoms with Crippen molar-refractivity contribution in [3.63, 3.8) is 0 Å². The number of benzene rings is 1. The van der Waals surface area contributed by atoms with Gasteiger partial charge in [0.1, 0.15) is 11.9 Å². The Morgan fingerprint density at radius 1 is 1.38 bits per heavy atom. The number of anilines is 1. The minimum atomic E-state index is -0.569. The number of nitriles is 1. The van der Waals surface area contributed by atoms with E-state index in [1.807, 2.05) is 0 Å². The maximum Gasteiger partial charge on any atom is 0.241 e. The molecule has 0 spiro atoms. The van der Waals surface area contributed by atoms with Gasteiger partial charge in [-0.2, -0.15) is 5.26 Å². The summed E-state index contributed by atoms with van der Waals surface area (Å²) in [5.74, 6) is -0.0715. The Morgan fingerprint density at radius 2 is 2.19 bits per heavy atom. The van der Waals surface area contributed by atoms with Crippen molar-refractivity contribution in [2.75, 3.05) is 5.32 Å². The molecule has 3 rings (SSSR count). The number of carbonyl (C=O) groups excluding carboxylic acids is 1. The standard InChI is InChI=1S/C16H18FN3O/c17-13-6-5-12(7-11(13)9-18)19-16(21)15-8-10-3-1-2-4-14(10)20-15/h5-7,10,14-15,20H,1-4,8H2,(H,19,21). The third-order valence-electron chi connectivity index (χ3n) is 4.53. The first-order chi connectivity index (χ1) is 10.2. The van der Waals surface area contributed by atoms with Crippen molar-refractivity contribution < 1.29 is 9.18 Å². The number of halogens is 1. The van der Waals surface area contributed by atoms with Gasteiger partial charge in [0.25, 0.3) is 0 Å². The van der Waals surface area contributed by atoms with Gasteiger partial charge in [-0.3, -0.25) is 4.79 Å². The fourth-order valence-electron chi connectivity index (χ4n) is 3.44. The Morgan fingerprint density at radius 3 is 2.95 bits per heavy atom. The second-order valence-corrected chi connectivity index (χ2v) is 5.90. The molecule has 1 saturated heterocycles. The molecule has 0 aromatic heterocycles. The minimum absolute atomic E-state index is 0.0548. The van der Waals surface area contributed by atoms with E-state index < -0.39 is 5.82 Å². The SMILES string of the molecule is N#Cc1cc(NC(=O)C2CC3CCCCC3N2)ccc1F. The van der Waals surface area contributed by atoms with E-state index in [4.69, 9.17) is 5.26 Å².